The minimum absolute atomic E-state index is 0.205. The van der Waals surface area contributed by atoms with E-state index >= 15 is 0 Å². The number of H-pyrrole nitrogens is 1. The van der Waals surface area contributed by atoms with E-state index in [2.05, 4.69) is 4.98 Å². The van der Waals surface area contributed by atoms with E-state index in [-0.39, 0.29) is 17.0 Å². The molecular formula is C11H13FN2O. The van der Waals surface area contributed by atoms with Gasteiger partial charge in [-0.3, -0.25) is 4.57 Å². The molecule has 0 saturated carbocycles. The Balaban J connectivity index is 2.86. The van der Waals surface area contributed by atoms with E-state index in [1.807, 2.05) is 20.8 Å². The minimum Gasteiger partial charge on any atom is -0.305 e. The number of nitrogens with one attached hydrogen (secondary N) is 1. The summed E-state index contributed by atoms with van der Waals surface area (Å²) in [6.07, 6.45) is 0. The molecule has 0 radical (unpaired) electrons. The standard InChI is InChI=1S/C11H13FN2O/c1-11(2,3)14-9-5-4-7(12)6-8(9)13-10(14)15/h4-6H,1-3H3,(H,13,15). The van der Waals surface area contributed by atoms with Gasteiger partial charge in [-0.2, -0.15) is 0 Å². The van der Waals surface area contributed by atoms with Crippen LogP contribution in [0.5, 0.6) is 0 Å². The molecule has 1 N–H and O–H groups in total. The van der Waals surface area contributed by atoms with Gasteiger partial charge in [-0.1, -0.05) is 0 Å². The third kappa shape index (κ3) is 1.56. The van der Waals surface area contributed by atoms with Gasteiger partial charge in [0, 0.05) is 5.54 Å². The first-order chi connectivity index (χ1) is 6.89. The molecule has 0 unspecified atom stereocenters. The van der Waals surface area contributed by atoms with Crippen LogP contribution in [0.3, 0.4) is 0 Å². The Labute approximate surface area is 86.5 Å². The Hall–Kier alpha value is -1.58. The number of aromatic nitrogens is 2. The highest BCUT2D eigenvalue weighted by atomic mass is 19.1. The lowest BCUT2D eigenvalue weighted by molar-refractivity contribution is 0.397. The normalized spacial score (nSPS) is 12.3. The molecule has 0 spiro atoms. The zero-order chi connectivity index (χ0) is 11.2. The third-order valence-corrected chi connectivity index (χ3v) is 2.32. The number of hydrogen-bond acceptors (Lipinski definition) is 1. The molecule has 0 bridgehead atoms. The van der Waals surface area contributed by atoms with Gasteiger partial charge in [0.05, 0.1) is 11.0 Å². The SMILES string of the molecule is CC(C)(C)n1c(=O)[nH]c2cc(F)ccc21. The quantitative estimate of drug-likeness (QED) is 0.708. The highest BCUT2D eigenvalue weighted by Crippen LogP contribution is 2.19. The first kappa shape index (κ1) is 9.96. The summed E-state index contributed by atoms with van der Waals surface area (Å²) in [5.41, 5.74) is 0.750. The fourth-order valence-electron chi connectivity index (χ4n) is 1.75. The van der Waals surface area contributed by atoms with Crippen LogP contribution in [-0.4, -0.2) is 9.55 Å². The Morgan fingerprint density at radius 1 is 1.33 bits per heavy atom. The van der Waals surface area contributed by atoms with Gasteiger partial charge in [-0.25, -0.2) is 9.18 Å². The Morgan fingerprint density at radius 2 is 2.00 bits per heavy atom. The lowest BCUT2D eigenvalue weighted by Gasteiger charge is -2.20. The van der Waals surface area contributed by atoms with E-state index in [0.717, 1.165) is 5.52 Å². The first-order valence-electron chi connectivity index (χ1n) is 4.80. The van der Waals surface area contributed by atoms with Crippen LogP contribution in [0.4, 0.5) is 4.39 Å². The van der Waals surface area contributed by atoms with Crippen LogP contribution >= 0.6 is 0 Å². The predicted molar refractivity (Wildman–Crippen MR) is 57.5 cm³/mol. The topological polar surface area (TPSA) is 37.8 Å². The summed E-state index contributed by atoms with van der Waals surface area (Å²) in [5.74, 6) is -0.343. The number of halogens is 1. The van der Waals surface area contributed by atoms with Gasteiger partial charge in [-0.15, -0.1) is 0 Å². The number of hydrogen-bond donors (Lipinski definition) is 1. The number of fused-ring (bicyclic) bond motifs is 1. The molecule has 0 fully saturated rings. The van der Waals surface area contributed by atoms with E-state index in [9.17, 15) is 9.18 Å². The maximum atomic E-state index is 12.9. The molecular weight excluding hydrogens is 195 g/mol. The molecule has 2 aromatic rings. The van der Waals surface area contributed by atoms with Gasteiger partial charge in [0.1, 0.15) is 5.82 Å². The number of benzene rings is 1. The van der Waals surface area contributed by atoms with Crippen molar-refractivity contribution in [3.05, 3.63) is 34.5 Å². The zero-order valence-corrected chi connectivity index (χ0v) is 8.97. The Morgan fingerprint density at radius 3 is 2.60 bits per heavy atom. The molecule has 4 heteroatoms. The summed E-state index contributed by atoms with van der Waals surface area (Å²) in [7, 11) is 0. The minimum atomic E-state index is -0.343. The monoisotopic (exact) mass is 208 g/mol. The highest BCUT2D eigenvalue weighted by Gasteiger charge is 2.19. The second-order valence-corrected chi connectivity index (χ2v) is 4.60. The van der Waals surface area contributed by atoms with Gasteiger partial charge in [0.15, 0.2) is 0 Å². The first-order valence-corrected chi connectivity index (χ1v) is 4.80. The Bertz CT molecular complexity index is 560. The summed E-state index contributed by atoms with van der Waals surface area (Å²) < 4.78 is 14.6. The molecule has 3 nitrogen and oxygen atoms in total. The van der Waals surface area contributed by atoms with E-state index in [1.54, 1.807) is 10.6 Å². The van der Waals surface area contributed by atoms with Crippen LogP contribution < -0.4 is 5.69 Å². The number of rotatable bonds is 0. The van der Waals surface area contributed by atoms with Crippen molar-refractivity contribution in [3.8, 4) is 0 Å². The van der Waals surface area contributed by atoms with Crippen LogP contribution in [0.15, 0.2) is 23.0 Å². The summed E-state index contributed by atoms with van der Waals surface area (Å²) in [4.78, 5) is 14.3. The van der Waals surface area contributed by atoms with Gasteiger partial charge >= 0.3 is 5.69 Å². The fourth-order valence-corrected chi connectivity index (χ4v) is 1.75. The van der Waals surface area contributed by atoms with E-state index in [4.69, 9.17) is 0 Å². The molecule has 0 atom stereocenters. The molecule has 2 rings (SSSR count). The van der Waals surface area contributed by atoms with Crippen molar-refractivity contribution in [2.75, 3.05) is 0 Å². The summed E-state index contributed by atoms with van der Waals surface area (Å²) in [5, 5.41) is 0. The molecule has 0 amide bonds. The van der Waals surface area contributed by atoms with Gasteiger partial charge in [0.2, 0.25) is 0 Å². The van der Waals surface area contributed by atoms with Gasteiger partial charge in [0.25, 0.3) is 0 Å². The summed E-state index contributed by atoms with van der Waals surface area (Å²) in [6, 6.07) is 4.31. The number of imidazole rings is 1. The average Bonchev–Trinajstić information content (AvgIpc) is 2.38. The Kier molecular flexibility index (Phi) is 1.96. The van der Waals surface area contributed by atoms with Crippen LogP contribution in [0.25, 0.3) is 11.0 Å². The molecule has 1 aromatic heterocycles. The zero-order valence-electron chi connectivity index (χ0n) is 8.97. The maximum absolute atomic E-state index is 12.9. The molecule has 1 heterocycles. The molecule has 80 valence electrons. The molecule has 0 aliphatic heterocycles. The summed E-state index contributed by atoms with van der Waals surface area (Å²) in [6.45, 7) is 5.81. The van der Waals surface area contributed by atoms with Crippen molar-refractivity contribution >= 4 is 11.0 Å². The third-order valence-electron chi connectivity index (χ3n) is 2.32. The van der Waals surface area contributed by atoms with Crippen molar-refractivity contribution in [1.29, 1.82) is 0 Å². The van der Waals surface area contributed by atoms with Crippen LogP contribution in [0.2, 0.25) is 0 Å². The van der Waals surface area contributed by atoms with Crippen LogP contribution in [0, 0.1) is 5.82 Å². The smallest absolute Gasteiger partial charge is 0.305 e. The molecule has 1 aromatic carbocycles. The molecule has 15 heavy (non-hydrogen) atoms. The maximum Gasteiger partial charge on any atom is 0.326 e. The van der Waals surface area contributed by atoms with E-state index in [0.29, 0.717) is 5.52 Å². The average molecular weight is 208 g/mol. The summed E-state index contributed by atoms with van der Waals surface area (Å²) >= 11 is 0. The molecule has 0 aliphatic rings. The van der Waals surface area contributed by atoms with Crippen molar-refractivity contribution in [3.63, 3.8) is 0 Å². The predicted octanol–water partition coefficient (Wildman–Crippen LogP) is 2.22. The van der Waals surface area contributed by atoms with Crippen molar-refractivity contribution in [1.82, 2.24) is 9.55 Å². The molecule has 0 aliphatic carbocycles. The fraction of sp³-hybridized carbons (Fsp3) is 0.364. The van der Waals surface area contributed by atoms with Gasteiger partial charge < -0.3 is 4.98 Å². The highest BCUT2D eigenvalue weighted by molar-refractivity contribution is 5.75. The van der Waals surface area contributed by atoms with Crippen LogP contribution in [0.1, 0.15) is 20.8 Å². The van der Waals surface area contributed by atoms with Crippen molar-refractivity contribution in [2.45, 2.75) is 26.3 Å². The van der Waals surface area contributed by atoms with E-state index in [1.165, 1.54) is 12.1 Å². The van der Waals surface area contributed by atoms with Crippen molar-refractivity contribution in [2.24, 2.45) is 0 Å². The molecule has 0 saturated heterocycles. The number of aromatic amines is 1. The largest absolute Gasteiger partial charge is 0.326 e. The second-order valence-electron chi connectivity index (χ2n) is 4.60. The van der Waals surface area contributed by atoms with Crippen LogP contribution in [-0.2, 0) is 5.54 Å². The lowest BCUT2D eigenvalue weighted by atomic mass is 10.1. The van der Waals surface area contributed by atoms with E-state index < -0.39 is 0 Å². The van der Waals surface area contributed by atoms with Gasteiger partial charge in [-0.05, 0) is 39.0 Å². The number of nitrogens with zero attached hydrogens (tertiary/aromatic N) is 1. The second kappa shape index (κ2) is 2.95. The van der Waals surface area contributed by atoms with Crippen molar-refractivity contribution < 1.29 is 4.39 Å². The lowest BCUT2D eigenvalue weighted by Crippen LogP contribution is -2.31.